The average Bonchev–Trinajstić information content (AvgIpc) is 2.99. The molecule has 1 heterocycles. The van der Waals surface area contributed by atoms with Gasteiger partial charge in [0.25, 0.3) is 0 Å². The van der Waals surface area contributed by atoms with Gasteiger partial charge in [-0.25, -0.2) is 0 Å². The van der Waals surface area contributed by atoms with E-state index in [1.807, 2.05) is 0 Å². The largest absolute Gasteiger partial charge is 0.300 e. The molecule has 1 saturated heterocycles. The van der Waals surface area contributed by atoms with Crippen LogP contribution in [0, 0.1) is 34.5 Å². The first kappa shape index (κ1) is 17.1. The van der Waals surface area contributed by atoms with Gasteiger partial charge >= 0.3 is 0 Å². The monoisotopic (exact) mass is 343 g/mol. The summed E-state index contributed by atoms with van der Waals surface area (Å²) in [7, 11) is 0. The van der Waals surface area contributed by atoms with Crippen molar-refractivity contribution >= 4 is 0 Å². The molecule has 0 amide bonds. The van der Waals surface area contributed by atoms with Gasteiger partial charge in [0.2, 0.25) is 0 Å². The van der Waals surface area contributed by atoms with Crippen molar-refractivity contribution in [2.45, 2.75) is 103 Å². The third kappa shape index (κ3) is 2.58. The lowest BCUT2D eigenvalue weighted by molar-refractivity contribution is -0.116. The Morgan fingerprint density at radius 1 is 0.720 bits per heavy atom. The molecule has 1 aliphatic heterocycles. The van der Waals surface area contributed by atoms with Gasteiger partial charge in [-0.15, -0.1) is 0 Å². The maximum absolute atomic E-state index is 2.97. The molecule has 4 aliphatic carbocycles. The summed E-state index contributed by atoms with van der Waals surface area (Å²) in [6, 6.07) is 0.946. The van der Waals surface area contributed by atoms with E-state index in [1.54, 1.807) is 38.5 Å². The topological polar surface area (TPSA) is 3.24 Å². The molecular weight excluding hydrogens is 302 g/mol. The highest BCUT2D eigenvalue weighted by molar-refractivity contribution is 5.10. The molecule has 0 aromatic rings. The first-order valence-electron chi connectivity index (χ1n) is 11.9. The molecule has 5 fully saturated rings. The van der Waals surface area contributed by atoms with Gasteiger partial charge in [-0.05, 0) is 112 Å². The second-order valence-corrected chi connectivity index (χ2v) is 11.2. The normalized spacial score (nSPS) is 53.8. The molecule has 25 heavy (non-hydrogen) atoms. The highest BCUT2D eigenvalue weighted by Crippen LogP contribution is 2.66. The van der Waals surface area contributed by atoms with Crippen molar-refractivity contribution in [3.05, 3.63) is 0 Å². The Bertz CT molecular complexity index is 494. The van der Waals surface area contributed by atoms with E-state index in [4.69, 9.17) is 0 Å². The molecule has 1 unspecified atom stereocenters. The summed E-state index contributed by atoms with van der Waals surface area (Å²) in [6.07, 6.45) is 19.9. The molecule has 0 radical (unpaired) electrons. The Labute approximate surface area is 156 Å². The highest BCUT2D eigenvalue weighted by Gasteiger charge is 2.60. The molecule has 142 valence electrons. The summed E-state index contributed by atoms with van der Waals surface area (Å²) in [5.74, 6) is 4.23. The lowest BCUT2D eigenvalue weighted by Crippen LogP contribution is -2.56. The van der Waals surface area contributed by atoms with E-state index < -0.39 is 0 Å². The van der Waals surface area contributed by atoms with Crippen molar-refractivity contribution in [2.75, 3.05) is 13.1 Å². The van der Waals surface area contributed by atoms with E-state index in [0.717, 1.165) is 29.7 Å². The fraction of sp³-hybridized carbons (Fsp3) is 1.00. The van der Waals surface area contributed by atoms with Gasteiger partial charge in [0.1, 0.15) is 0 Å². The van der Waals surface area contributed by atoms with Crippen LogP contribution in [0.2, 0.25) is 0 Å². The zero-order valence-electron chi connectivity index (χ0n) is 16.9. The van der Waals surface area contributed by atoms with Gasteiger partial charge < -0.3 is 4.90 Å². The SMILES string of the molecule is C[C@@]12CCC(N3CCCCC3)[C@H]1[C@@H]1CC[C@H]3CCCC[C@]3(C)[C@H]1CC2. The third-order valence-corrected chi connectivity index (χ3v) is 10.2. The summed E-state index contributed by atoms with van der Waals surface area (Å²) in [5.41, 5.74) is 1.39. The van der Waals surface area contributed by atoms with E-state index >= 15 is 0 Å². The lowest BCUT2D eigenvalue weighted by Gasteiger charge is -2.61. The molecule has 7 atom stereocenters. The summed E-state index contributed by atoms with van der Waals surface area (Å²) >= 11 is 0. The predicted molar refractivity (Wildman–Crippen MR) is 106 cm³/mol. The zero-order valence-corrected chi connectivity index (χ0v) is 16.9. The molecule has 4 saturated carbocycles. The molecule has 1 nitrogen and oxygen atoms in total. The van der Waals surface area contributed by atoms with Crippen molar-refractivity contribution in [3.63, 3.8) is 0 Å². The summed E-state index contributed by atoms with van der Waals surface area (Å²) < 4.78 is 0. The van der Waals surface area contributed by atoms with Crippen molar-refractivity contribution in [2.24, 2.45) is 34.5 Å². The molecule has 0 aromatic heterocycles. The predicted octanol–water partition coefficient (Wildman–Crippen LogP) is 6.27. The minimum atomic E-state index is 0.682. The second-order valence-electron chi connectivity index (χ2n) is 11.2. The van der Waals surface area contributed by atoms with E-state index in [9.17, 15) is 0 Å². The Morgan fingerprint density at radius 2 is 1.52 bits per heavy atom. The fourth-order valence-electron chi connectivity index (χ4n) is 8.98. The van der Waals surface area contributed by atoms with Crippen molar-refractivity contribution in [1.29, 1.82) is 0 Å². The summed E-state index contributed by atoms with van der Waals surface area (Å²) in [4.78, 5) is 2.97. The summed E-state index contributed by atoms with van der Waals surface area (Å²) in [5, 5.41) is 0. The molecule has 0 N–H and O–H groups in total. The number of hydrogen-bond donors (Lipinski definition) is 0. The Balaban J connectivity index is 1.44. The van der Waals surface area contributed by atoms with Gasteiger partial charge in [-0.1, -0.05) is 33.1 Å². The van der Waals surface area contributed by atoms with Gasteiger partial charge in [-0.2, -0.15) is 0 Å². The van der Waals surface area contributed by atoms with E-state index in [-0.39, 0.29) is 0 Å². The average molecular weight is 344 g/mol. The number of hydrogen-bond acceptors (Lipinski definition) is 1. The maximum Gasteiger partial charge on any atom is 0.0132 e. The van der Waals surface area contributed by atoms with Crippen LogP contribution >= 0.6 is 0 Å². The Morgan fingerprint density at radius 3 is 2.36 bits per heavy atom. The van der Waals surface area contributed by atoms with Crippen LogP contribution in [0.25, 0.3) is 0 Å². The van der Waals surface area contributed by atoms with Gasteiger partial charge in [0.05, 0.1) is 0 Å². The number of nitrogens with zero attached hydrogens (tertiary/aromatic N) is 1. The standard InChI is InChI=1S/C24H41N/c1-23-14-11-20-19(10-9-18-8-4-5-13-24(18,20)2)22(23)21(12-15-23)25-16-6-3-7-17-25/h18-22H,3-17H2,1-2H3/t18-,19-,20+,21?,22-,23-,24+/m1/s1. The zero-order chi connectivity index (χ0) is 17.1. The van der Waals surface area contributed by atoms with Gasteiger partial charge in [0.15, 0.2) is 0 Å². The molecule has 5 aliphatic rings. The number of rotatable bonds is 1. The minimum absolute atomic E-state index is 0.682. The van der Waals surface area contributed by atoms with Crippen molar-refractivity contribution in [1.82, 2.24) is 4.90 Å². The fourth-order valence-corrected chi connectivity index (χ4v) is 8.98. The number of likely N-dealkylation sites (tertiary alicyclic amines) is 1. The Hall–Kier alpha value is -0.0400. The molecular formula is C24H41N. The van der Waals surface area contributed by atoms with Crippen molar-refractivity contribution in [3.8, 4) is 0 Å². The smallest absolute Gasteiger partial charge is 0.0132 e. The molecule has 0 spiro atoms. The minimum Gasteiger partial charge on any atom is -0.300 e. The van der Waals surface area contributed by atoms with E-state index in [1.165, 1.54) is 58.0 Å². The van der Waals surface area contributed by atoms with Crippen LogP contribution in [-0.4, -0.2) is 24.0 Å². The van der Waals surface area contributed by atoms with Crippen LogP contribution < -0.4 is 0 Å². The number of fused-ring (bicyclic) bond motifs is 5. The maximum atomic E-state index is 2.97. The third-order valence-electron chi connectivity index (χ3n) is 10.2. The van der Waals surface area contributed by atoms with Crippen LogP contribution in [0.5, 0.6) is 0 Å². The second kappa shape index (κ2) is 6.25. The first-order chi connectivity index (χ1) is 12.1. The van der Waals surface area contributed by atoms with Gasteiger partial charge in [0, 0.05) is 6.04 Å². The van der Waals surface area contributed by atoms with Crippen LogP contribution in [0.4, 0.5) is 0 Å². The highest BCUT2D eigenvalue weighted by atomic mass is 15.2. The molecule has 1 heteroatoms. The van der Waals surface area contributed by atoms with Crippen LogP contribution in [-0.2, 0) is 0 Å². The van der Waals surface area contributed by atoms with Crippen LogP contribution in [0.15, 0.2) is 0 Å². The molecule has 0 aromatic carbocycles. The molecule has 0 bridgehead atoms. The van der Waals surface area contributed by atoms with Crippen LogP contribution in [0.3, 0.4) is 0 Å². The van der Waals surface area contributed by atoms with E-state index in [2.05, 4.69) is 18.7 Å². The first-order valence-corrected chi connectivity index (χ1v) is 11.9. The van der Waals surface area contributed by atoms with Crippen molar-refractivity contribution < 1.29 is 0 Å². The summed E-state index contributed by atoms with van der Waals surface area (Å²) in [6.45, 7) is 8.26. The molecule has 5 rings (SSSR count). The number of piperidine rings is 1. The van der Waals surface area contributed by atoms with Crippen LogP contribution in [0.1, 0.15) is 97.3 Å². The van der Waals surface area contributed by atoms with E-state index in [0.29, 0.717) is 10.8 Å². The lowest BCUT2D eigenvalue weighted by atomic mass is 9.45. The van der Waals surface area contributed by atoms with Gasteiger partial charge in [-0.3, -0.25) is 0 Å². The Kier molecular flexibility index (Phi) is 4.27. The quantitative estimate of drug-likeness (QED) is 0.542.